The number of fused-ring (bicyclic) bond motifs is 2. The second-order valence-corrected chi connectivity index (χ2v) is 10.9. The Balaban J connectivity index is 1.48. The van der Waals surface area contributed by atoms with Crippen molar-refractivity contribution < 1.29 is 4.79 Å². The fourth-order valence-corrected chi connectivity index (χ4v) is 7.73. The number of benzene rings is 1. The van der Waals surface area contributed by atoms with Crippen LogP contribution in [0.3, 0.4) is 0 Å². The van der Waals surface area contributed by atoms with E-state index in [1.807, 2.05) is 0 Å². The molecule has 4 aliphatic rings. The number of hydrogen-bond acceptors (Lipinski definition) is 2. The highest BCUT2D eigenvalue weighted by Crippen LogP contribution is 2.68. The van der Waals surface area contributed by atoms with E-state index in [1.54, 1.807) is 0 Å². The lowest BCUT2D eigenvalue weighted by atomic mass is 9.40. The van der Waals surface area contributed by atoms with Crippen LogP contribution < -0.4 is 10.6 Å². The molecule has 1 saturated heterocycles. The van der Waals surface area contributed by atoms with Crippen molar-refractivity contribution in [2.24, 2.45) is 22.7 Å². The Morgan fingerprint density at radius 1 is 1.07 bits per heavy atom. The summed E-state index contributed by atoms with van der Waals surface area (Å²) in [6, 6.07) is 11.5. The van der Waals surface area contributed by atoms with Crippen LogP contribution in [0.15, 0.2) is 30.3 Å². The summed E-state index contributed by atoms with van der Waals surface area (Å²) in [4.78, 5) is 13.8. The maximum Gasteiger partial charge on any atom is 0.226 e. The predicted molar refractivity (Wildman–Crippen MR) is 113 cm³/mol. The first-order chi connectivity index (χ1) is 13.4. The predicted octanol–water partition coefficient (Wildman–Crippen LogP) is 4.42. The van der Waals surface area contributed by atoms with Gasteiger partial charge in [-0.15, -0.1) is 0 Å². The SMILES string of the molecule is CC1CNCCC1NC(=O)C12CCC3CC[C@](c4ccccc4)(C1)C[C@]3(C)C2. The van der Waals surface area contributed by atoms with Gasteiger partial charge < -0.3 is 10.6 Å². The summed E-state index contributed by atoms with van der Waals surface area (Å²) in [6.07, 6.45) is 9.43. The quantitative estimate of drug-likeness (QED) is 0.815. The van der Waals surface area contributed by atoms with Gasteiger partial charge in [-0.3, -0.25) is 4.79 Å². The van der Waals surface area contributed by atoms with E-state index in [9.17, 15) is 4.79 Å². The largest absolute Gasteiger partial charge is 0.353 e. The first-order valence-corrected chi connectivity index (χ1v) is 11.5. The van der Waals surface area contributed by atoms with Crippen LogP contribution in [0, 0.1) is 22.7 Å². The van der Waals surface area contributed by atoms with E-state index in [-0.39, 0.29) is 10.8 Å². The fourth-order valence-electron chi connectivity index (χ4n) is 7.73. The number of carbonyl (C=O) groups is 1. The van der Waals surface area contributed by atoms with E-state index < -0.39 is 0 Å². The molecule has 2 N–H and O–H groups in total. The van der Waals surface area contributed by atoms with Gasteiger partial charge in [0.25, 0.3) is 0 Å². The zero-order valence-corrected chi connectivity index (χ0v) is 17.6. The van der Waals surface area contributed by atoms with Crippen molar-refractivity contribution in [2.45, 2.75) is 76.7 Å². The van der Waals surface area contributed by atoms with Crippen LogP contribution in [0.4, 0.5) is 0 Å². The standard InChI is InChI=1S/C25H36N2O/c1-18-14-26-13-10-21(18)27-22(28)25-12-9-19-8-11-24(17-25,15-23(19,2)16-25)20-6-4-3-5-7-20/h3-7,18-19,21,26H,8-17H2,1-2H3,(H,27,28)/t18?,19?,21?,23-,24-,25?/m1/s1. The van der Waals surface area contributed by atoms with E-state index in [1.165, 1.54) is 31.2 Å². The average molecular weight is 381 g/mol. The van der Waals surface area contributed by atoms with Crippen LogP contribution in [-0.4, -0.2) is 25.0 Å². The Morgan fingerprint density at radius 2 is 1.86 bits per heavy atom. The van der Waals surface area contributed by atoms with Gasteiger partial charge in [0.15, 0.2) is 0 Å². The molecule has 3 nitrogen and oxygen atoms in total. The molecule has 5 rings (SSSR count). The molecule has 1 aliphatic heterocycles. The number of hydrogen-bond donors (Lipinski definition) is 2. The Labute approximate surface area is 170 Å². The highest BCUT2D eigenvalue weighted by atomic mass is 16.2. The van der Waals surface area contributed by atoms with E-state index in [0.29, 0.717) is 23.3 Å². The highest BCUT2D eigenvalue weighted by Gasteiger charge is 2.63. The molecular weight excluding hydrogens is 344 g/mol. The van der Waals surface area contributed by atoms with Crippen molar-refractivity contribution in [2.75, 3.05) is 13.1 Å². The van der Waals surface area contributed by atoms with Crippen molar-refractivity contribution >= 4 is 5.91 Å². The molecule has 3 aliphatic carbocycles. The molecule has 4 unspecified atom stereocenters. The molecule has 0 radical (unpaired) electrons. The molecule has 3 heteroatoms. The van der Waals surface area contributed by atoms with Gasteiger partial charge in [0.05, 0.1) is 5.41 Å². The summed E-state index contributed by atoms with van der Waals surface area (Å²) < 4.78 is 0. The molecule has 28 heavy (non-hydrogen) atoms. The van der Waals surface area contributed by atoms with Gasteiger partial charge in [0.1, 0.15) is 0 Å². The molecule has 3 bridgehead atoms. The summed E-state index contributed by atoms with van der Waals surface area (Å²) in [7, 11) is 0. The molecular formula is C25H36N2O. The van der Waals surface area contributed by atoms with Crippen LogP contribution in [0.2, 0.25) is 0 Å². The van der Waals surface area contributed by atoms with E-state index >= 15 is 0 Å². The van der Waals surface area contributed by atoms with Gasteiger partial charge >= 0.3 is 0 Å². The summed E-state index contributed by atoms with van der Waals surface area (Å²) in [5.41, 5.74) is 1.84. The molecule has 1 aromatic carbocycles. The Kier molecular flexibility index (Phi) is 4.39. The zero-order chi connectivity index (χ0) is 19.4. The number of nitrogens with one attached hydrogen (secondary N) is 2. The monoisotopic (exact) mass is 380 g/mol. The topological polar surface area (TPSA) is 41.1 Å². The van der Waals surface area contributed by atoms with Crippen molar-refractivity contribution in [1.29, 1.82) is 0 Å². The summed E-state index contributed by atoms with van der Waals surface area (Å²) in [6.45, 7) is 6.82. The Hall–Kier alpha value is -1.35. The third-order valence-electron chi connectivity index (χ3n) is 9.06. The van der Waals surface area contributed by atoms with Crippen molar-refractivity contribution in [3.8, 4) is 0 Å². The minimum Gasteiger partial charge on any atom is -0.353 e. The van der Waals surface area contributed by atoms with Gasteiger partial charge in [-0.05, 0) is 92.7 Å². The maximum absolute atomic E-state index is 13.8. The lowest BCUT2D eigenvalue weighted by Gasteiger charge is -2.64. The molecule has 0 spiro atoms. The van der Waals surface area contributed by atoms with Crippen molar-refractivity contribution in [3.05, 3.63) is 35.9 Å². The van der Waals surface area contributed by atoms with Gasteiger partial charge in [0.2, 0.25) is 5.91 Å². The number of piperidine rings is 1. The smallest absolute Gasteiger partial charge is 0.226 e. The first-order valence-electron chi connectivity index (χ1n) is 11.5. The van der Waals surface area contributed by atoms with E-state index in [4.69, 9.17) is 0 Å². The van der Waals surface area contributed by atoms with Gasteiger partial charge in [-0.1, -0.05) is 44.2 Å². The summed E-state index contributed by atoms with van der Waals surface area (Å²) in [5, 5.41) is 7.01. The summed E-state index contributed by atoms with van der Waals surface area (Å²) >= 11 is 0. The molecule has 0 aromatic heterocycles. The number of carbonyl (C=O) groups excluding carboxylic acids is 1. The number of rotatable bonds is 3. The highest BCUT2D eigenvalue weighted by molar-refractivity contribution is 5.83. The zero-order valence-electron chi connectivity index (χ0n) is 17.6. The van der Waals surface area contributed by atoms with Crippen molar-refractivity contribution in [3.63, 3.8) is 0 Å². The van der Waals surface area contributed by atoms with Crippen LogP contribution in [0.25, 0.3) is 0 Å². The van der Waals surface area contributed by atoms with Gasteiger partial charge in [-0.2, -0.15) is 0 Å². The minimum atomic E-state index is -0.162. The third-order valence-corrected chi connectivity index (χ3v) is 9.06. The molecule has 4 fully saturated rings. The van der Waals surface area contributed by atoms with Crippen molar-refractivity contribution in [1.82, 2.24) is 10.6 Å². The lowest BCUT2D eigenvalue weighted by molar-refractivity contribution is -0.157. The Bertz CT molecular complexity index is 748. The van der Waals surface area contributed by atoms with Crippen LogP contribution >= 0.6 is 0 Å². The first kappa shape index (κ1) is 18.7. The molecule has 6 atom stereocenters. The van der Waals surface area contributed by atoms with Crippen LogP contribution in [-0.2, 0) is 10.2 Å². The van der Waals surface area contributed by atoms with E-state index in [2.05, 4.69) is 54.8 Å². The second-order valence-electron chi connectivity index (χ2n) is 10.9. The van der Waals surface area contributed by atoms with Gasteiger partial charge in [0, 0.05) is 6.04 Å². The van der Waals surface area contributed by atoms with Crippen LogP contribution in [0.5, 0.6) is 0 Å². The lowest BCUT2D eigenvalue weighted by Crippen LogP contribution is -2.62. The fraction of sp³-hybridized carbons (Fsp3) is 0.720. The van der Waals surface area contributed by atoms with E-state index in [0.717, 1.165) is 44.7 Å². The average Bonchev–Trinajstić information content (AvgIpc) is 2.68. The van der Waals surface area contributed by atoms with Gasteiger partial charge in [-0.25, -0.2) is 0 Å². The normalized spacial score (nSPS) is 44.9. The molecule has 152 valence electrons. The summed E-state index contributed by atoms with van der Waals surface area (Å²) in [5.74, 6) is 1.70. The molecule has 1 heterocycles. The second kappa shape index (κ2) is 6.58. The third kappa shape index (κ3) is 2.84. The maximum atomic E-state index is 13.8. The molecule has 1 amide bonds. The number of amides is 1. The molecule has 3 saturated carbocycles. The van der Waals surface area contributed by atoms with Crippen LogP contribution in [0.1, 0.15) is 70.8 Å². The molecule has 1 aromatic rings. The minimum absolute atomic E-state index is 0.162. The Morgan fingerprint density at radius 3 is 2.64 bits per heavy atom.